The predicted molar refractivity (Wildman–Crippen MR) is 112 cm³/mol. The largest absolute Gasteiger partial charge is 0.336 e. The third kappa shape index (κ3) is 6.52. The smallest absolute Gasteiger partial charge is 0.254 e. The summed E-state index contributed by atoms with van der Waals surface area (Å²) in [6, 6.07) is 9.15. The number of carbonyl (C=O) groups excluding carboxylic acids is 1. The normalized spacial score (nSPS) is 20.7. The number of unbranched alkanes of at least 4 members (excludes halogenated alkanes) is 2. The fourth-order valence-corrected chi connectivity index (χ4v) is 4.14. The van der Waals surface area contributed by atoms with E-state index in [2.05, 4.69) is 13.0 Å². The van der Waals surface area contributed by atoms with E-state index in [1.807, 2.05) is 4.90 Å². The Hall–Kier alpha value is -1.96. The van der Waals surface area contributed by atoms with Gasteiger partial charge in [0, 0.05) is 30.5 Å². The van der Waals surface area contributed by atoms with Crippen LogP contribution in [0.3, 0.4) is 0 Å². The van der Waals surface area contributed by atoms with Gasteiger partial charge in [-0.1, -0.05) is 38.8 Å². The Bertz CT molecular complexity index is 682. The van der Waals surface area contributed by atoms with Gasteiger partial charge in [0.25, 0.3) is 11.8 Å². The number of alkyl halides is 2. The van der Waals surface area contributed by atoms with Crippen molar-refractivity contribution in [2.75, 3.05) is 6.54 Å². The van der Waals surface area contributed by atoms with Gasteiger partial charge in [0.15, 0.2) is 0 Å². The molecule has 0 radical (unpaired) electrons. The zero-order chi connectivity index (χ0) is 21.4. The highest BCUT2D eigenvalue weighted by atomic mass is 19.3. The van der Waals surface area contributed by atoms with Gasteiger partial charge in [-0.15, -0.1) is 0 Å². The molecule has 1 unspecified atom stereocenters. The molecule has 3 nitrogen and oxygen atoms in total. The van der Waals surface area contributed by atoms with Gasteiger partial charge in [-0.3, -0.25) is 4.79 Å². The summed E-state index contributed by atoms with van der Waals surface area (Å²) in [7, 11) is 0. The summed E-state index contributed by atoms with van der Waals surface area (Å²) in [6.45, 7) is 5.30. The lowest BCUT2D eigenvalue weighted by atomic mass is 9.83. The van der Waals surface area contributed by atoms with Crippen LogP contribution in [0, 0.1) is 17.2 Å². The van der Waals surface area contributed by atoms with Gasteiger partial charge in [-0.25, -0.2) is 8.78 Å². The van der Waals surface area contributed by atoms with Crippen LogP contribution in [0.25, 0.3) is 0 Å². The maximum absolute atomic E-state index is 13.6. The molecule has 0 heterocycles. The van der Waals surface area contributed by atoms with Crippen molar-refractivity contribution in [1.29, 1.82) is 5.26 Å². The van der Waals surface area contributed by atoms with Crippen LogP contribution in [0.15, 0.2) is 24.3 Å². The van der Waals surface area contributed by atoms with Crippen molar-refractivity contribution in [3.63, 3.8) is 0 Å². The number of halogens is 2. The molecular weight excluding hydrogens is 370 g/mol. The van der Waals surface area contributed by atoms with Crippen LogP contribution in [-0.2, 0) is 0 Å². The average Bonchev–Trinajstić information content (AvgIpc) is 2.71. The van der Waals surface area contributed by atoms with Gasteiger partial charge in [0.2, 0.25) is 0 Å². The van der Waals surface area contributed by atoms with Gasteiger partial charge in [0.05, 0.1) is 6.07 Å². The lowest BCUT2D eigenvalue weighted by Crippen LogP contribution is -2.43. The average molecular weight is 405 g/mol. The van der Waals surface area contributed by atoms with Gasteiger partial charge in [0.1, 0.15) is 0 Å². The maximum Gasteiger partial charge on any atom is 0.254 e. The maximum atomic E-state index is 13.6. The molecule has 1 aliphatic carbocycles. The number of amides is 1. The van der Waals surface area contributed by atoms with Crippen LogP contribution < -0.4 is 0 Å². The molecule has 0 N–H and O–H groups in total. The summed E-state index contributed by atoms with van der Waals surface area (Å²) in [4.78, 5) is 15.2. The highest BCUT2D eigenvalue weighted by Crippen LogP contribution is 2.33. The van der Waals surface area contributed by atoms with Crippen molar-refractivity contribution >= 4 is 5.91 Å². The topological polar surface area (TPSA) is 44.1 Å². The third-order valence-electron chi connectivity index (χ3n) is 6.32. The Morgan fingerprint density at radius 3 is 2.34 bits per heavy atom. The molecule has 160 valence electrons. The van der Waals surface area contributed by atoms with Crippen molar-refractivity contribution in [2.24, 2.45) is 5.92 Å². The standard InChI is InChI=1S/C24H34F2N2O/c1-4-5-6-17-28(22-13-7-19(8-14-22)15-16-27)23(29)21-11-9-20(10-12-21)18(2)24(3,25)26/h9-12,18-19,22H,4-8,13-15,17H2,1-3H3. The second-order valence-electron chi connectivity index (χ2n) is 8.54. The van der Waals surface area contributed by atoms with Crippen molar-refractivity contribution in [3.8, 4) is 6.07 Å². The second-order valence-corrected chi connectivity index (χ2v) is 8.54. The molecule has 1 aromatic carbocycles. The molecule has 2 rings (SSSR count). The first-order chi connectivity index (χ1) is 13.8. The summed E-state index contributed by atoms with van der Waals surface area (Å²) < 4.78 is 27.2. The summed E-state index contributed by atoms with van der Waals surface area (Å²) in [5.41, 5.74) is 1.11. The Labute approximate surface area is 174 Å². The van der Waals surface area contributed by atoms with Crippen LogP contribution >= 0.6 is 0 Å². The van der Waals surface area contributed by atoms with E-state index < -0.39 is 11.8 Å². The number of nitriles is 1. The third-order valence-corrected chi connectivity index (χ3v) is 6.32. The lowest BCUT2D eigenvalue weighted by Gasteiger charge is -2.37. The Morgan fingerprint density at radius 2 is 1.83 bits per heavy atom. The number of hydrogen-bond donors (Lipinski definition) is 0. The molecular formula is C24H34F2N2O. The summed E-state index contributed by atoms with van der Waals surface area (Å²) in [6.07, 6.45) is 7.57. The van der Waals surface area contributed by atoms with Crippen molar-refractivity contribution in [3.05, 3.63) is 35.4 Å². The van der Waals surface area contributed by atoms with E-state index in [-0.39, 0.29) is 11.9 Å². The summed E-state index contributed by atoms with van der Waals surface area (Å²) in [5.74, 6) is -3.24. The monoisotopic (exact) mass is 404 g/mol. The molecule has 0 aromatic heterocycles. The van der Waals surface area contributed by atoms with E-state index in [0.29, 0.717) is 23.5 Å². The van der Waals surface area contributed by atoms with E-state index in [1.165, 1.54) is 6.92 Å². The number of hydrogen-bond acceptors (Lipinski definition) is 2. The molecule has 29 heavy (non-hydrogen) atoms. The van der Waals surface area contributed by atoms with Crippen molar-refractivity contribution in [1.82, 2.24) is 4.90 Å². The molecule has 1 aliphatic rings. The highest BCUT2D eigenvalue weighted by molar-refractivity contribution is 5.94. The lowest BCUT2D eigenvalue weighted by molar-refractivity contribution is -0.00222. The van der Waals surface area contributed by atoms with E-state index in [4.69, 9.17) is 5.26 Å². The van der Waals surface area contributed by atoms with Gasteiger partial charge < -0.3 is 4.90 Å². The van der Waals surface area contributed by atoms with Crippen LogP contribution in [0.2, 0.25) is 0 Å². The Morgan fingerprint density at radius 1 is 1.21 bits per heavy atom. The summed E-state index contributed by atoms with van der Waals surface area (Å²) in [5, 5.41) is 8.92. The molecule has 1 atom stereocenters. The minimum atomic E-state index is -2.79. The fraction of sp³-hybridized carbons (Fsp3) is 0.667. The molecule has 0 saturated heterocycles. The zero-order valence-electron chi connectivity index (χ0n) is 18.0. The molecule has 1 amide bonds. The molecule has 1 fully saturated rings. The van der Waals surface area contributed by atoms with E-state index in [9.17, 15) is 13.6 Å². The number of rotatable bonds is 9. The van der Waals surface area contributed by atoms with E-state index in [0.717, 1.165) is 58.4 Å². The molecule has 0 spiro atoms. The molecule has 0 bridgehead atoms. The first-order valence-corrected chi connectivity index (χ1v) is 10.9. The zero-order valence-corrected chi connectivity index (χ0v) is 18.0. The van der Waals surface area contributed by atoms with Gasteiger partial charge in [-0.2, -0.15) is 5.26 Å². The first kappa shape index (κ1) is 23.3. The van der Waals surface area contributed by atoms with Crippen LogP contribution in [0.5, 0.6) is 0 Å². The van der Waals surface area contributed by atoms with Crippen LogP contribution in [0.1, 0.15) is 94.0 Å². The molecule has 5 heteroatoms. The first-order valence-electron chi connectivity index (χ1n) is 10.9. The van der Waals surface area contributed by atoms with E-state index >= 15 is 0 Å². The number of benzene rings is 1. The molecule has 0 aliphatic heterocycles. The van der Waals surface area contributed by atoms with Gasteiger partial charge >= 0.3 is 0 Å². The minimum absolute atomic E-state index is 0.00713. The van der Waals surface area contributed by atoms with E-state index in [1.54, 1.807) is 24.3 Å². The molecule has 1 aromatic rings. The van der Waals surface area contributed by atoms with Crippen molar-refractivity contribution < 1.29 is 13.6 Å². The highest BCUT2D eigenvalue weighted by Gasteiger charge is 2.32. The Balaban J connectivity index is 2.11. The molecule has 1 saturated carbocycles. The quantitative estimate of drug-likeness (QED) is 0.438. The SMILES string of the molecule is CCCCCN(C(=O)c1ccc(C(C)C(C)(F)F)cc1)C1CCC(CC#N)CC1. The fourth-order valence-electron chi connectivity index (χ4n) is 4.14. The summed E-state index contributed by atoms with van der Waals surface area (Å²) >= 11 is 0. The van der Waals surface area contributed by atoms with Crippen LogP contribution in [-0.4, -0.2) is 29.3 Å². The second kappa shape index (κ2) is 10.7. The predicted octanol–water partition coefficient (Wildman–Crippen LogP) is 6.55. The Kier molecular flexibility index (Phi) is 8.61. The van der Waals surface area contributed by atoms with Gasteiger partial charge in [-0.05, 0) is 62.6 Å². The van der Waals surface area contributed by atoms with Crippen LogP contribution in [0.4, 0.5) is 8.78 Å². The number of nitrogens with zero attached hydrogens (tertiary/aromatic N) is 2. The van der Waals surface area contributed by atoms with Crippen molar-refractivity contribution in [2.45, 2.75) is 90.0 Å². The minimum Gasteiger partial charge on any atom is -0.336 e. The number of carbonyl (C=O) groups is 1.